The van der Waals surface area contributed by atoms with Gasteiger partial charge in [-0.3, -0.25) is 9.69 Å². The Morgan fingerprint density at radius 3 is 2.56 bits per heavy atom. The molecule has 2 aliphatic rings. The van der Waals surface area contributed by atoms with E-state index in [1.165, 1.54) is 11.1 Å². The molecule has 138 valence electrons. The number of carbonyl (C=O) groups excluding carboxylic acids is 1. The minimum absolute atomic E-state index is 0.0528. The van der Waals surface area contributed by atoms with Gasteiger partial charge in [0.05, 0.1) is 19.1 Å². The van der Waals surface area contributed by atoms with Gasteiger partial charge >= 0.3 is 0 Å². The Morgan fingerprint density at radius 1 is 1.20 bits per heavy atom. The fraction of sp³-hybridized carbons (Fsp3) is 0.650. The first-order chi connectivity index (χ1) is 12.2. The van der Waals surface area contributed by atoms with Gasteiger partial charge in [0.15, 0.2) is 5.79 Å². The standard InChI is InChI=1S/C20H30N2O3/c1-3-22(4-2)15-17-9-6-5-8-16(17)14-21-19(23)18-10-7-11-20(18)24-12-13-25-20/h5-6,8-9,18H,3-4,7,10-15H2,1-2H3,(H,21,23)/t18-/m0/s1. The lowest BCUT2D eigenvalue weighted by molar-refractivity contribution is -0.186. The van der Waals surface area contributed by atoms with Gasteiger partial charge in [0, 0.05) is 19.5 Å². The van der Waals surface area contributed by atoms with Crippen LogP contribution in [-0.4, -0.2) is 42.9 Å². The van der Waals surface area contributed by atoms with Crippen LogP contribution in [0.25, 0.3) is 0 Å². The predicted molar refractivity (Wildman–Crippen MR) is 96.9 cm³/mol. The molecule has 5 nitrogen and oxygen atoms in total. The number of amides is 1. The van der Waals surface area contributed by atoms with Crippen molar-refractivity contribution >= 4 is 5.91 Å². The minimum atomic E-state index is -0.662. The van der Waals surface area contributed by atoms with Gasteiger partial charge in [0.2, 0.25) is 5.91 Å². The second-order valence-electron chi connectivity index (χ2n) is 6.90. The van der Waals surface area contributed by atoms with Gasteiger partial charge in [-0.15, -0.1) is 0 Å². The van der Waals surface area contributed by atoms with Crippen LogP contribution in [0.4, 0.5) is 0 Å². The number of hydrogen-bond acceptors (Lipinski definition) is 4. The smallest absolute Gasteiger partial charge is 0.228 e. The average Bonchev–Trinajstić information content (AvgIpc) is 3.28. The molecular formula is C20H30N2O3. The molecule has 0 aromatic heterocycles. The van der Waals surface area contributed by atoms with Gasteiger partial charge in [-0.25, -0.2) is 0 Å². The third-order valence-electron chi connectivity index (χ3n) is 5.50. The fourth-order valence-corrected chi connectivity index (χ4v) is 3.97. The first-order valence-corrected chi connectivity index (χ1v) is 9.53. The molecule has 2 fully saturated rings. The van der Waals surface area contributed by atoms with Gasteiger partial charge in [-0.2, -0.15) is 0 Å². The number of nitrogens with one attached hydrogen (secondary N) is 1. The second kappa shape index (κ2) is 8.30. The molecule has 1 saturated heterocycles. The number of carbonyl (C=O) groups is 1. The number of rotatable bonds is 7. The summed E-state index contributed by atoms with van der Waals surface area (Å²) in [6.45, 7) is 9.06. The second-order valence-corrected chi connectivity index (χ2v) is 6.90. The van der Waals surface area contributed by atoms with Crippen molar-refractivity contribution in [2.75, 3.05) is 26.3 Å². The first kappa shape index (κ1) is 18.4. The summed E-state index contributed by atoms with van der Waals surface area (Å²) in [6.07, 6.45) is 2.65. The molecule has 1 aromatic rings. The minimum Gasteiger partial charge on any atom is -0.352 e. The zero-order chi connectivity index (χ0) is 17.7. The third kappa shape index (κ3) is 4.05. The number of nitrogens with zero attached hydrogens (tertiary/aromatic N) is 1. The van der Waals surface area contributed by atoms with E-state index in [1.54, 1.807) is 0 Å². The van der Waals surface area contributed by atoms with Crippen molar-refractivity contribution in [3.05, 3.63) is 35.4 Å². The van der Waals surface area contributed by atoms with Crippen LogP contribution in [0.3, 0.4) is 0 Å². The third-order valence-corrected chi connectivity index (χ3v) is 5.50. The van der Waals surface area contributed by atoms with Gasteiger partial charge in [0.1, 0.15) is 0 Å². The monoisotopic (exact) mass is 346 g/mol. The highest BCUT2D eigenvalue weighted by Crippen LogP contribution is 2.42. The summed E-state index contributed by atoms with van der Waals surface area (Å²) in [5, 5.41) is 3.12. The van der Waals surface area contributed by atoms with Crippen LogP contribution in [0.1, 0.15) is 44.2 Å². The van der Waals surface area contributed by atoms with Crippen LogP contribution in [0.15, 0.2) is 24.3 Å². The number of ether oxygens (including phenoxy) is 2. The average molecular weight is 346 g/mol. The zero-order valence-electron chi connectivity index (χ0n) is 15.4. The van der Waals surface area contributed by atoms with Crippen molar-refractivity contribution in [3.63, 3.8) is 0 Å². The molecule has 1 atom stereocenters. The fourth-order valence-electron chi connectivity index (χ4n) is 3.97. The van der Waals surface area contributed by atoms with E-state index >= 15 is 0 Å². The maximum atomic E-state index is 12.7. The molecule has 3 rings (SSSR count). The molecule has 1 amide bonds. The van der Waals surface area contributed by atoms with Crippen molar-refractivity contribution in [3.8, 4) is 0 Å². The lowest BCUT2D eigenvalue weighted by Gasteiger charge is -2.28. The van der Waals surface area contributed by atoms with Crippen LogP contribution in [0, 0.1) is 5.92 Å². The SMILES string of the molecule is CCN(CC)Cc1ccccc1CNC(=O)[C@@H]1CCCC12OCCO2. The zero-order valence-corrected chi connectivity index (χ0v) is 15.4. The van der Waals surface area contributed by atoms with Gasteiger partial charge < -0.3 is 14.8 Å². The Bertz CT molecular complexity index is 575. The summed E-state index contributed by atoms with van der Waals surface area (Å²) in [5.41, 5.74) is 2.46. The molecule has 1 aromatic carbocycles. The molecule has 1 spiro atoms. The van der Waals surface area contributed by atoms with E-state index in [2.05, 4.69) is 42.3 Å². The van der Waals surface area contributed by atoms with Gasteiger partial charge in [0.25, 0.3) is 0 Å². The summed E-state index contributed by atoms with van der Waals surface area (Å²) < 4.78 is 11.6. The summed E-state index contributed by atoms with van der Waals surface area (Å²) in [5.74, 6) is -0.799. The van der Waals surface area contributed by atoms with Crippen molar-refractivity contribution in [1.29, 1.82) is 0 Å². The molecule has 1 saturated carbocycles. The molecule has 5 heteroatoms. The summed E-state index contributed by atoms with van der Waals surface area (Å²) in [6, 6.07) is 8.36. The van der Waals surface area contributed by atoms with Crippen molar-refractivity contribution in [2.24, 2.45) is 5.92 Å². The van der Waals surface area contributed by atoms with Crippen LogP contribution >= 0.6 is 0 Å². The Morgan fingerprint density at radius 2 is 1.88 bits per heavy atom. The molecule has 1 heterocycles. The first-order valence-electron chi connectivity index (χ1n) is 9.53. The predicted octanol–water partition coefficient (Wildman–Crippen LogP) is 2.69. The van der Waals surface area contributed by atoms with Crippen LogP contribution in [-0.2, 0) is 27.4 Å². The molecule has 0 radical (unpaired) electrons. The summed E-state index contributed by atoms with van der Waals surface area (Å²) >= 11 is 0. The van der Waals surface area contributed by atoms with Crippen LogP contribution in [0.5, 0.6) is 0 Å². The van der Waals surface area contributed by atoms with E-state index in [0.717, 1.165) is 38.9 Å². The van der Waals surface area contributed by atoms with E-state index in [0.29, 0.717) is 19.8 Å². The molecule has 1 aliphatic carbocycles. The van der Waals surface area contributed by atoms with E-state index in [1.807, 2.05) is 6.07 Å². The van der Waals surface area contributed by atoms with Gasteiger partial charge in [-0.1, -0.05) is 38.1 Å². The van der Waals surface area contributed by atoms with E-state index in [-0.39, 0.29) is 11.8 Å². The van der Waals surface area contributed by atoms with E-state index in [4.69, 9.17) is 9.47 Å². The van der Waals surface area contributed by atoms with Crippen molar-refractivity contribution < 1.29 is 14.3 Å². The quantitative estimate of drug-likeness (QED) is 0.825. The maximum Gasteiger partial charge on any atom is 0.228 e. The van der Waals surface area contributed by atoms with Crippen LogP contribution < -0.4 is 5.32 Å². The summed E-state index contributed by atoms with van der Waals surface area (Å²) in [7, 11) is 0. The van der Waals surface area contributed by atoms with Gasteiger partial charge in [-0.05, 0) is 37.1 Å². The highest BCUT2D eigenvalue weighted by molar-refractivity contribution is 5.80. The Kier molecular flexibility index (Phi) is 6.10. The van der Waals surface area contributed by atoms with Crippen molar-refractivity contribution in [2.45, 2.75) is 52.0 Å². The lowest BCUT2D eigenvalue weighted by Crippen LogP contribution is -2.44. The number of benzene rings is 1. The normalized spacial score (nSPS) is 22.0. The summed E-state index contributed by atoms with van der Waals surface area (Å²) in [4.78, 5) is 15.1. The highest BCUT2D eigenvalue weighted by atomic mass is 16.7. The van der Waals surface area contributed by atoms with Crippen molar-refractivity contribution in [1.82, 2.24) is 10.2 Å². The maximum absolute atomic E-state index is 12.7. The lowest BCUT2D eigenvalue weighted by atomic mass is 10.0. The molecule has 0 bridgehead atoms. The van der Waals surface area contributed by atoms with Crippen LogP contribution in [0.2, 0.25) is 0 Å². The van der Waals surface area contributed by atoms with E-state index in [9.17, 15) is 4.79 Å². The number of hydrogen-bond donors (Lipinski definition) is 1. The topological polar surface area (TPSA) is 50.8 Å². The molecular weight excluding hydrogens is 316 g/mol. The van der Waals surface area contributed by atoms with E-state index < -0.39 is 5.79 Å². The highest BCUT2D eigenvalue weighted by Gasteiger charge is 2.51. The molecule has 1 aliphatic heterocycles. The molecule has 1 N–H and O–H groups in total. The Balaban J connectivity index is 1.62. The largest absolute Gasteiger partial charge is 0.352 e. The Labute approximate surface area is 150 Å². The Hall–Kier alpha value is -1.43. The molecule has 25 heavy (non-hydrogen) atoms. The molecule has 0 unspecified atom stereocenters.